The summed E-state index contributed by atoms with van der Waals surface area (Å²) in [5, 5.41) is 2.78. The number of alkyl halides is 2. The number of hydrogen-bond donors (Lipinski definition) is 2. The fourth-order valence-electron chi connectivity index (χ4n) is 3.09. The van der Waals surface area contributed by atoms with E-state index in [1.165, 1.54) is 39.5 Å². The van der Waals surface area contributed by atoms with Gasteiger partial charge in [-0.15, -0.1) is 0 Å². The van der Waals surface area contributed by atoms with E-state index in [-0.39, 0.29) is 12.0 Å². The lowest BCUT2D eigenvalue weighted by Gasteiger charge is -2.20. The number of nitrogens with one attached hydrogen (secondary N) is 2. The maximum absolute atomic E-state index is 12.9. The van der Waals surface area contributed by atoms with Gasteiger partial charge in [0.05, 0.1) is 44.8 Å². The van der Waals surface area contributed by atoms with Crippen LogP contribution in [0, 0.1) is 0 Å². The standard InChI is InChI=1S/C21H21F2N3O5/c1-29-16-7-5-11(9-17(16)30-2)14(10-18(27)31-3)26-21(28)12-4-6-13-15(8-12)25-20(24-13)19(22)23/h4-9,14,19H,10H2,1-3H3,(H,24,25)(H,26,28). The maximum atomic E-state index is 12.9. The summed E-state index contributed by atoms with van der Waals surface area (Å²) in [7, 11) is 4.22. The van der Waals surface area contributed by atoms with E-state index >= 15 is 0 Å². The Morgan fingerprint density at radius 1 is 1.06 bits per heavy atom. The summed E-state index contributed by atoms with van der Waals surface area (Å²) in [6.45, 7) is 0. The number of esters is 1. The molecule has 1 unspecified atom stereocenters. The van der Waals surface area contributed by atoms with E-state index in [4.69, 9.17) is 14.2 Å². The summed E-state index contributed by atoms with van der Waals surface area (Å²) < 4.78 is 41.0. The number of aromatic amines is 1. The second-order valence-corrected chi connectivity index (χ2v) is 6.58. The SMILES string of the molecule is COC(=O)CC(NC(=O)c1ccc2nc(C(F)F)[nH]c2c1)c1ccc(OC)c(OC)c1. The molecule has 0 aliphatic heterocycles. The summed E-state index contributed by atoms with van der Waals surface area (Å²) >= 11 is 0. The van der Waals surface area contributed by atoms with E-state index < -0.39 is 30.2 Å². The summed E-state index contributed by atoms with van der Waals surface area (Å²) in [6, 6.07) is 8.65. The van der Waals surface area contributed by atoms with Crippen LogP contribution in [0.3, 0.4) is 0 Å². The zero-order valence-electron chi connectivity index (χ0n) is 17.1. The molecule has 0 spiro atoms. The first-order valence-electron chi connectivity index (χ1n) is 9.23. The topological polar surface area (TPSA) is 103 Å². The molecule has 1 aromatic heterocycles. The van der Waals surface area contributed by atoms with Crippen molar-refractivity contribution in [3.05, 3.63) is 53.3 Å². The normalized spacial score (nSPS) is 11.9. The van der Waals surface area contributed by atoms with Crippen LogP contribution in [0.25, 0.3) is 11.0 Å². The van der Waals surface area contributed by atoms with Crippen molar-refractivity contribution in [3.8, 4) is 11.5 Å². The van der Waals surface area contributed by atoms with Crippen molar-refractivity contribution >= 4 is 22.9 Å². The van der Waals surface area contributed by atoms with Gasteiger partial charge in [0.25, 0.3) is 12.3 Å². The molecule has 8 nitrogen and oxygen atoms in total. The molecule has 0 aliphatic rings. The molecule has 3 rings (SSSR count). The minimum Gasteiger partial charge on any atom is -0.493 e. The zero-order valence-corrected chi connectivity index (χ0v) is 17.1. The number of imidazole rings is 1. The highest BCUT2D eigenvalue weighted by Gasteiger charge is 2.22. The average molecular weight is 433 g/mol. The van der Waals surface area contributed by atoms with Crippen molar-refractivity contribution in [1.82, 2.24) is 15.3 Å². The Kier molecular flexibility index (Phi) is 6.68. The van der Waals surface area contributed by atoms with Gasteiger partial charge in [-0.2, -0.15) is 0 Å². The van der Waals surface area contributed by atoms with Crippen LogP contribution in [0.15, 0.2) is 36.4 Å². The fourth-order valence-corrected chi connectivity index (χ4v) is 3.09. The van der Waals surface area contributed by atoms with Crippen LogP contribution in [0.2, 0.25) is 0 Å². The summed E-state index contributed by atoms with van der Waals surface area (Å²) in [5.41, 5.74) is 1.43. The number of halogens is 2. The van der Waals surface area contributed by atoms with Crippen LogP contribution in [0.5, 0.6) is 11.5 Å². The maximum Gasteiger partial charge on any atom is 0.307 e. The Morgan fingerprint density at radius 3 is 2.45 bits per heavy atom. The second kappa shape index (κ2) is 9.41. The summed E-state index contributed by atoms with van der Waals surface area (Å²) in [4.78, 5) is 31.1. The first-order valence-corrected chi connectivity index (χ1v) is 9.23. The molecular weight excluding hydrogens is 412 g/mol. The van der Waals surface area contributed by atoms with Gasteiger partial charge in [0.2, 0.25) is 0 Å². The van der Waals surface area contributed by atoms with Gasteiger partial charge in [0.1, 0.15) is 0 Å². The molecule has 2 N–H and O–H groups in total. The van der Waals surface area contributed by atoms with Crippen LogP contribution in [-0.2, 0) is 9.53 Å². The van der Waals surface area contributed by atoms with Crippen molar-refractivity contribution < 1.29 is 32.6 Å². The van der Waals surface area contributed by atoms with E-state index in [2.05, 4.69) is 15.3 Å². The molecule has 0 saturated heterocycles. The van der Waals surface area contributed by atoms with Crippen LogP contribution in [0.1, 0.15) is 40.6 Å². The van der Waals surface area contributed by atoms with E-state index in [9.17, 15) is 18.4 Å². The van der Waals surface area contributed by atoms with E-state index in [0.717, 1.165) is 0 Å². The zero-order chi connectivity index (χ0) is 22.5. The van der Waals surface area contributed by atoms with Gasteiger partial charge in [0.15, 0.2) is 17.3 Å². The molecule has 10 heteroatoms. The molecule has 3 aromatic rings. The summed E-state index contributed by atoms with van der Waals surface area (Å²) in [6.07, 6.45) is -2.88. The lowest BCUT2D eigenvalue weighted by atomic mass is 10.0. The lowest BCUT2D eigenvalue weighted by molar-refractivity contribution is -0.141. The molecule has 31 heavy (non-hydrogen) atoms. The van der Waals surface area contributed by atoms with Crippen LogP contribution >= 0.6 is 0 Å². The van der Waals surface area contributed by atoms with Crippen LogP contribution < -0.4 is 14.8 Å². The molecule has 164 valence electrons. The van der Waals surface area contributed by atoms with Crippen molar-refractivity contribution in [2.75, 3.05) is 21.3 Å². The van der Waals surface area contributed by atoms with Crippen LogP contribution in [0.4, 0.5) is 8.78 Å². The number of benzene rings is 2. The highest BCUT2D eigenvalue weighted by Crippen LogP contribution is 2.31. The number of aromatic nitrogens is 2. The molecule has 1 heterocycles. The minimum absolute atomic E-state index is 0.125. The first-order chi connectivity index (χ1) is 14.9. The van der Waals surface area contributed by atoms with Gasteiger partial charge < -0.3 is 24.5 Å². The third-order valence-corrected chi connectivity index (χ3v) is 4.68. The Labute approximate surface area is 176 Å². The predicted molar refractivity (Wildman–Crippen MR) is 107 cm³/mol. The van der Waals surface area contributed by atoms with Gasteiger partial charge in [-0.25, -0.2) is 13.8 Å². The lowest BCUT2D eigenvalue weighted by Crippen LogP contribution is -2.30. The third-order valence-electron chi connectivity index (χ3n) is 4.68. The molecule has 0 aliphatic carbocycles. The van der Waals surface area contributed by atoms with Crippen molar-refractivity contribution in [3.63, 3.8) is 0 Å². The third kappa shape index (κ3) is 4.90. The number of nitrogens with zero attached hydrogens (tertiary/aromatic N) is 1. The van der Waals surface area contributed by atoms with Crippen molar-refractivity contribution in [2.45, 2.75) is 18.9 Å². The summed E-state index contributed by atoms with van der Waals surface area (Å²) in [5.74, 6) is -0.567. The highest BCUT2D eigenvalue weighted by molar-refractivity contribution is 5.97. The Balaban J connectivity index is 1.89. The van der Waals surface area contributed by atoms with Crippen molar-refractivity contribution in [2.24, 2.45) is 0 Å². The molecule has 0 fully saturated rings. The van der Waals surface area contributed by atoms with Gasteiger partial charge >= 0.3 is 5.97 Å². The van der Waals surface area contributed by atoms with Crippen LogP contribution in [-0.4, -0.2) is 43.2 Å². The van der Waals surface area contributed by atoms with Gasteiger partial charge in [-0.05, 0) is 35.9 Å². The number of methoxy groups -OCH3 is 3. The van der Waals surface area contributed by atoms with Gasteiger partial charge in [-0.3, -0.25) is 9.59 Å². The predicted octanol–water partition coefficient (Wildman–Crippen LogP) is 3.55. The number of ether oxygens (including phenoxy) is 3. The monoisotopic (exact) mass is 433 g/mol. The first kappa shape index (κ1) is 22.0. The Hall–Kier alpha value is -3.69. The second-order valence-electron chi connectivity index (χ2n) is 6.58. The number of fused-ring (bicyclic) bond motifs is 1. The number of rotatable bonds is 8. The van der Waals surface area contributed by atoms with E-state index in [1.807, 2.05) is 0 Å². The van der Waals surface area contributed by atoms with Crippen molar-refractivity contribution in [1.29, 1.82) is 0 Å². The molecule has 1 atom stereocenters. The van der Waals surface area contributed by atoms with E-state index in [1.54, 1.807) is 18.2 Å². The number of carbonyl (C=O) groups excluding carboxylic acids is 2. The smallest absolute Gasteiger partial charge is 0.307 e. The average Bonchev–Trinajstić information content (AvgIpc) is 3.21. The Morgan fingerprint density at radius 2 is 1.81 bits per heavy atom. The quantitative estimate of drug-likeness (QED) is 0.527. The molecule has 0 bridgehead atoms. The highest BCUT2D eigenvalue weighted by atomic mass is 19.3. The van der Waals surface area contributed by atoms with Gasteiger partial charge in [-0.1, -0.05) is 6.07 Å². The molecular formula is C21H21F2N3O5. The Bertz CT molecular complexity index is 1100. The van der Waals surface area contributed by atoms with Gasteiger partial charge in [0, 0.05) is 5.56 Å². The number of carbonyl (C=O) groups is 2. The molecule has 0 saturated carbocycles. The number of H-pyrrole nitrogens is 1. The molecule has 0 radical (unpaired) electrons. The van der Waals surface area contributed by atoms with E-state index in [0.29, 0.717) is 28.1 Å². The number of amides is 1. The molecule has 2 aromatic carbocycles. The number of hydrogen-bond acceptors (Lipinski definition) is 6. The minimum atomic E-state index is -2.75. The largest absolute Gasteiger partial charge is 0.493 e. The fraction of sp³-hybridized carbons (Fsp3) is 0.286. The molecule has 1 amide bonds.